The van der Waals surface area contributed by atoms with Gasteiger partial charge in [-0.05, 0) is 23.8 Å². The third-order valence-electron chi connectivity index (χ3n) is 3.04. The van der Waals surface area contributed by atoms with Crippen molar-refractivity contribution < 1.29 is 22.3 Å². The van der Waals surface area contributed by atoms with E-state index in [0.29, 0.717) is 0 Å². The first kappa shape index (κ1) is 15.1. The second-order valence-electron chi connectivity index (χ2n) is 4.34. The predicted molar refractivity (Wildman–Crippen MR) is 87.4 cm³/mol. The maximum absolute atomic E-state index is 2.23. The van der Waals surface area contributed by atoms with Crippen molar-refractivity contribution in [3.05, 3.63) is 91.0 Å². The van der Waals surface area contributed by atoms with E-state index >= 15 is 0 Å². The van der Waals surface area contributed by atoms with Crippen molar-refractivity contribution in [3.63, 3.8) is 0 Å². The van der Waals surface area contributed by atoms with E-state index < -0.39 is 7.92 Å². The Kier molecular flexibility index (Phi) is 5.65. The summed E-state index contributed by atoms with van der Waals surface area (Å²) >= 11 is 0. The molecule has 0 spiro atoms. The van der Waals surface area contributed by atoms with Gasteiger partial charge in [-0.1, -0.05) is 91.0 Å². The van der Waals surface area contributed by atoms with Crippen LogP contribution in [-0.4, -0.2) is 0 Å². The molecule has 0 amide bonds. The molecule has 102 valence electrons. The van der Waals surface area contributed by atoms with Crippen molar-refractivity contribution in [1.29, 1.82) is 0 Å². The summed E-state index contributed by atoms with van der Waals surface area (Å²) in [5, 5.41) is 4.19. The molecule has 0 bridgehead atoms. The molecule has 20 heavy (non-hydrogen) atoms. The molecule has 3 aromatic carbocycles. The Hall–Kier alpha value is -1.29. The minimum Gasteiger partial charge on any atom is -1.00 e. The van der Waals surface area contributed by atoms with Gasteiger partial charge < -0.3 is 2.85 Å². The van der Waals surface area contributed by atoms with E-state index in [4.69, 9.17) is 0 Å². The van der Waals surface area contributed by atoms with Crippen LogP contribution in [0.25, 0.3) is 0 Å². The molecule has 0 aliphatic rings. The Morgan fingerprint density at radius 2 is 0.700 bits per heavy atom. The molecular weight excluding hydrogens is 348 g/mol. The van der Waals surface area contributed by atoms with E-state index in [0.717, 1.165) is 0 Å². The zero-order chi connectivity index (χ0) is 12.9. The van der Waals surface area contributed by atoms with Gasteiger partial charge in [0.1, 0.15) is 0 Å². The number of rotatable bonds is 3. The molecule has 0 atom stereocenters. The zero-order valence-electron chi connectivity index (χ0n) is 13.0. The van der Waals surface area contributed by atoms with Crippen LogP contribution in [0.2, 0.25) is 0 Å². The largest absolute Gasteiger partial charge is 2.00 e. The monoisotopic (exact) mass is 366 g/mol. The fraction of sp³-hybridized carbons (Fsp3) is 0. The van der Waals surface area contributed by atoms with Crippen molar-refractivity contribution in [2.75, 3.05) is 0 Å². The maximum Gasteiger partial charge on any atom is 2.00 e. The summed E-state index contributed by atoms with van der Waals surface area (Å²) in [4.78, 5) is 0. The average Bonchev–Trinajstić information content (AvgIpc) is 2.51. The molecule has 0 aliphatic heterocycles. The average molecular weight is 365 g/mol. The third-order valence-corrected chi connectivity index (χ3v) is 5.49. The van der Waals surface area contributed by atoms with Gasteiger partial charge in [0.2, 0.25) is 0 Å². The molecule has 0 aliphatic carbocycles. The van der Waals surface area contributed by atoms with Crippen molar-refractivity contribution in [3.8, 4) is 0 Å². The molecular formula is C18H17PRu. The van der Waals surface area contributed by atoms with Crippen molar-refractivity contribution in [1.82, 2.24) is 0 Å². The molecule has 3 rings (SSSR count). The van der Waals surface area contributed by atoms with E-state index in [1.165, 1.54) is 15.9 Å². The molecule has 2 heteroatoms. The first-order valence-corrected chi connectivity index (χ1v) is 7.74. The minimum atomic E-state index is -0.446. The van der Waals surface area contributed by atoms with Crippen LogP contribution in [0.4, 0.5) is 0 Å². The van der Waals surface area contributed by atoms with E-state index in [1.807, 2.05) is 0 Å². The van der Waals surface area contributed by atoms with Crippen LogP contribution < -0.4 is 15.9 Å². The van der Waals surface area contributed by atoms with Crippen LogP contribution in [0.15, 0.2) is 91.0 Å². The van der Waals surface area contributed by atoms with Crippen molar-refractivity contribution in [2.24, 2.45) is 0 Å². The molecule has 3 aromatic rings. The summed E-state index contributed by atoms with van der Waals surface area (Å²) in [5.41, 5.74) is 0. The third kappa shape index (κ3) is 3.42. The Bertz CT molecular complexity index is 539. The van der Waals surface area contributed by atoms with Crippen molar-refractivity contribution in [2.45, 2.75) is 0 Å². The summed E-state index contributed by atoms with van der Waals surface area (Å²) in [6.45, 7) is 0. The number of hydrogen-bond donors (Lipinski definition) is 0. The van der Waals surface area contributed by atoms with E-state index in [1.54, 1.807) is 0 Å². The Morgan fingerprint density at radius 1 is 0.450 bits per heavy atom. The van der Waals surface area contributed by atoms with E-state index in [-0.39, 0.29) is 22.3 Å². The fourth-order valence-corrected chi connectivity index (χ4v) is 4.48. The van der Waals surface area contributed by atoms with Gasteiger partial charge in [0.05, 0.1) is 0 Å². The van der Waals surface area contributed by atoms with Gasteiger partial charge in [-0.3, -0.25) is 0 Å². The first-order valence-electron chi connectivity index (χ1n) is 6.40. The molecule has 0 N–H and O–H groups in total. The minimum absolute atomic E-state index is 0. The van der Waals surface area contributed by atoms with E-state index in [2.05, 4.69) is 91.0 Å². The van der Waals surface area contributed by atoms with Crippen LogP contribution in [0, 0.1) is 0 Å². The second-order valence-corrected chi connectivity index (χ2v) is 6.56. The standard InChI is InChI=1S/C18H15P.Ru.2H/c1-4-10-16(11-5-1)19(17-12-6-2-7-13-17)18-14-8-3-9-15-18;;;/h1-15H;;;/q;+2;2*-1. The van der Waals surface area contributed by atoms with Crippen LogP contribution in [0.1, 0.15) is 2.85 Å². The summed E-state index contributed by atoms with van der Waals surface area (Å²) in [6.07, 6.45) is 0. The SMILES string of the molecule is [H-].[H-].[Ru+2].c1ccc(P(c2ccccc2)c2ccccc2)cc1. The van der Waals surface area contributed by atoms with Gasteiger partial charge in [-0.15, -0.1) is 0 Å². The van der Waals surface area contributed by atoms with E-state index in [9.17, 15) is 0 Å². The molecule has 0 aromatic heterocycles. The molecule has 0 fully saturated rings. The van der Waals surface area contributed by atoms with Crippen LogP contribution in [0.3, 0.4) is 0 Å². The molecule has 0 radical (unpaired) electrons. The summed E-state index contributed by atoms with van der Waals surface area (Å²) in [7, 11) is -0.446. The van der Waals surface area contributed by atoms with Crippen molar-refractivity contribution >= 4 is 23.8 Å². The number of hydrogen-bond acceptors (Lipinski definition) is 0. The Labute approximate surface area is 137 Å². The first-order chi connectivity index (χ1) is 9.45. The Morgan fingerprint density at radius 3 is 0.950 bits per heavy atom. The van der Waals surface area contributed by atoms with Gasteiger partial charge in [-0.25, -0.2) is 0 Å². The van der Waals surface area contributed by atoms with Gasteiger partial charge in [-0.2, -0.15) is 0 Å². The van der Waals surface area contributed by atoms with Gasteiger partial charge in [0, 0.05) is 0 Å². The van der Waals surface area contributed by atoms with Crippen LogP contribution in [-0.2, 0) is 19.5 Å². The van der Waals surface area contributed by atoms with Crippen LogP contribution >= 0.6 is 7.92 Å². The summed E-state index contributed by atoms with van der Waals surface area (Å²) in [5.74, 6) is 0. The maximum atomic E-state index is 2.23. The molecule has 0 heterocycles. The summed E-state index contributed by atoms with van der Waals surface area (Å²) in [6, 6.07) is 32.3. The second kappa shape index (κ2) is 7.48. The topological polar surface area (TPSA) is 0 Å². The van der Waals surface area contributed by atoms with Crippen LogP contribution in [0.5, 0.6) is 0 Å². The number of benzene rings is 3. The zero-order valence-corrected chi connectivity index (χ0v) is 13.6. The van der Waals surface area contributed by atoms with Gasteiger partial charge in [0.15, 0.2) is 0 Å². The summed E-state index contributed by atoms with van der Waals surface area (Å²) < 4.78 is 0. The molecule has 0 saturated heterocycles. The normalized spacial score (nSPS) is 10.1. The Balaban J connectivity index is 0.00000147. The van der Waals surface area contributed by atoms with Gasteiger partial charge >= 0.3 is 19.5 Å². The molecule has 0 unspecified atom stereocenters. The quantitative estimate of drug-likeness (QED) is 0.491. The molecule has 0 saturated carbocycles. The predicted octanol–water partition coefficient (Wildman–Crippen LogP) is 3.67. The fourth-order valence-electron chi connectivity index (χ4n) is 2.18. The smallest absolute Gasteiger partial charge is 1.00 e. The molecule has 0 nitrogen and oxygen atoms in total. The van der Waals surface area contributed by atoms with Gasteiger partial charge in [0.25, 0.3) is 0 Å².